The van der Waals surface area contributed by atoms with Crippen molar-refractivity contribution in [2.45, 2.75) is 6.92 Å². The van der Waals surface area contributed by atoms with Crippen molar-refractivity contribution < 1.29 is 24.2 Å². The Labute approximate surface area is 176 Å². The van der Waals surface area contributed by atoms with Crippen molar-refractivity contribution in [1.29, 1.82) is 0 Å². The normalized spacial score (nSPS) is 10.7. The first-order chi connectivity index (χ1) is 14.8. The van der Waals surface area contributed by atoms with Crippen molar-refractivity contribution in [3.8, 4) is 16.9 Å². The third kappa shape index (κ3) is 3.89. The summed E-state index contributed by atoms with van der Waals surface area (Å²) < 4.78 is 5.37. The number of carbonyl (C=O) groups excluding carboxylic acids is 1. The van der Waals surface area contributed by atoms with Crippen LogP contribution in [-0.2, 0) is 0 Å². The average Bonchev–Trinajstić information content (AvgIpc) is 2.75. The molecule has 7 nitrogen and oxygen atoms in total. The maximum Gasteiger partial charge on any atom is 0.344 e. The summed E-state index contributed by atoms with van der Waals surface area (Å²) in [6, 6.07) is 18.0. The van der Waals surface area contributed by atoms with E-state index in [2.05, 4.69) is 5.32 Å². The molecular formula is C24H17NO6. The Morgan fingerprint density at radius 3 is 2.52 bits per heavy atom. The summed E-state index contributed by atoms with van der Waals surface area (Å²) in [7, 11) is 0. The molecule has 0 fully saturated rings. The number of aromatic hydroxyl groups is 1. The molecule has 0 atom stereocenters. The van der Waals surface area contributed by atoms with Crippen LogP contribution in [0.4, 0.5) is 5.69 Å². The summed E-state index contributed by atoms with van der Waals surface area (Å²) in [6.45, 7) is 1.54. The van der Waals surface area contributed by atoms with Gasteiger partial charge in [-0.25, -0.2) is 9.59 Å². The fourth-order valence-corrected chi connectivity index (χ4v) is 3.31. The number of para-hydroxylation sites is 1. The lowest BCUT2D eigenvalue weighted by Gasteiger charge is -2.10. The monoisotopic (exact) mass is 415 g/mol. The number of aryl methyl sites for hydroxylation is 1. The predicted octanol–water partition coefficient (Wildman–Crippen LogP) is 4.42. The fourth-order valence-electron chi connectivity index (χ4n) is 3.31. The zero-order valence-corrected chi connectivity index (χ0v) is 16.4. The number of amides is 1. The van der Waals surface area contributed by atoms with E-state index in [-0.39, 0.29) is 22.6 Å². The molecule has 0 aliphatic carbocycles. The molecule has 0 saturated carbocycles. The third-order valence-corrected chi connectivity index (χ3v) is 4.87. The lowest BCUT2D eigenvalue weighted by Crippen LogP contribution is -2.13. The Morgan fingerprint density at radius 1 is 0.968 bits per heavy atom. The van der Waals surface area contributed by atoms with Crippen molar-refractivity contribution in [2.24, 2.45) is 0 Å². The molecule has 4 aromatic rings. The molecule has 0 unspecified atom stereocenters. The molecule has 4 rings (SSSR count). The Hall–Kier alpha value is -4.39. The van der Waals surface area contributed by atoms with Gasteiger partial charge in [0.1, 0.15) is 16.9 Å². The van der Waals surface area contributed by atoms with Gasteiger partial charge in [-0.3, -0.25) is 4.79 Å². The van der Waals surface area contributed by atoms with Crippen LogP contribution in [0.15, 0.2) is 75.9 Å². The number of hydrogen-bond acceptors (Lipinski definition) is 5. The van der Waals surface area contributed by atoms with E-state index in [9.17, 15) is 24.6 Å². The maximum atomic E-state index is 12.7. The zero-order chi connectivity index (χ0) is 22.1. The number of carboxylic acid groups (broad SMARTS) is 1. The highest BCUT2D eigenvalue weighted by atomic mass is 16.4. The standard InChI is InChI=1S/C24H17NO6/c1-13-9-17(12-19(21(13)26)23(28)29)25-22(27)16-7-4-6-14(10-16)18-11-15-5-2-3-8-20(15)31-24(18)30/h2-12,26H,1H3,(H,25,27)(H,28,29). The van der Waals surface area contributed by atoms with E-state index >= 15 is 0 Å². The van der Waals surface area contributed by atoms with E-state index in [1.807, 2.05) is 12.1 Å². The molecule has 154 valence electrons. The minimum absolute atomic E-state index is 0.230. The predicted molar refractivity (Wildman–Crippen MR) is 116 cm³/mol. The molecule has 0 spiro atoms. The SMILES string of the molecule is Cc1cc(NC(=O)c2cccc(-c3cc4ccccc4oc3=O)c2)cc(C(=O)O)c1O. The van der Waals surface area contributed by atoms with Gasteiger partial charge in [-0.05, 0) is 54.4 Å². The second-order valence-electron chi connectivity index (χ2n) is 7.01. The van der Waals surface area contributed by atoms with Crippen LogP contribution in [0.3, 0.4) is 0 Å². The number of anilines is 1. The average molecular weight is 415 g/mol. The highest BCUT2D eigenvalue weighted by molar-refractivity contribution is 6.06. The smallest absolute Gasteiger partial charge is 0.344 e. The summed E-state index contributed by atoms with van der Waals surface area (Å²) in [5, 5.41) is 22.5. The Bertz CT molecular complexity index is 1400. The summed E-state index contributed by atoms with van der Waals surface area (Å²) in [4.78, 5) is 36.5. The zero-order valence-electron chi connectivity index (χ0n) is 16.4. The van der Waals surface area contributed by atoms with Crippen LogP contribution in [-0.4, -0.2) is 22.1 Å². The maximum absolute atomic E-state index is 12.7. The van der Waals surface area contributed by atoms with Crippen LogP contribution in [0.2, 0.25) is 0 Å². The van der Waals surface area contributed by atoms with Crippen LogP contribution in [0.5, 0.6) is 5.75 Å². The lowest BCUT2D eigenvalue weighted by atomic mass is 10.0. The summed E-state index contributed by atoms with van der Waals surface area (Å²) in [6.07, 6.45) is 0. The van der Waals surface area contributed by atoms with Gasteiger partial charge in [0.15, 0.2) is 0 Å². The lowest BCUT2D eigenvalue weighted by molar-refractivity contribution is 0.0693. The molecule has 3 aromatic carbocycles. The Morgan fingerprint density at radius 2 is 1.74 bits per heavy atom. The first-order valence-electron chi connectivity index (χ1n) is 9.35. The first kappa shape index (κ1) is 19.9. The molecule has 0 radical (unpaired) electrons. The largest absolute Gasteiger partial charge is 0.507 e. The van der Waals surface area contributed by atoms with Crippen molar-refractivity contribution in [3.63, 3.8) is 0 Å². The van der Waals surface area contributed by atoms with E-state index in [1.165, 1.54) is 19.1 Å². The summed E-state index contributed by atoms with van der Waals surface area (Å²) in [5.41, 5.74) is 1.30. The molecule has 1 aromatic heterocycles. The van der Waals surface area contributed by atoms with Crippen LogP contribution in [0.1, 0.15) is 26.3 Å². The van der Waals surface area contributed by atoms with Crippen LogP contribution < -0.4 is 10.9 Å². The second kappa shape index (κ2) is 7.79. The highest BCUT2D eigenvalue weighted by Crippen LogP contribution is 2.27. The van der Waals surface area contributed by atoms with Gasteiger partial charge in [0.2, 0.25) is 0 Å². The van der Waals surface area contributed by atoms with Gasteiger partial charge in [0.05, 0.1) is 5.56 Å². The van der Waals surface area contributed by atoms with Gasteiger partial charge in [0.25, 0.3) is 5.91 Å². The van der Waals surface area contributed by atoms with Gasteiger partial charge >= 0.3 is 11.6 Å². The first-order valence-corrected chi connectivity index (χ1v) is 9.35. The van der Waals surface area contributed by atoms with E-state index < -0.39 is 17.5 Å². The minimum atomic E-state index is -1.30. The Kier molecular flexibility index (Phi) is 5.00. The number of rotatable bonds is 4. The number of nitrogens with one attached hydrogen (secondary N) is 1. The van der Waals surface area contributed by atoms with E-state index in [0.29, 0.717) is 22.3 Å². The van der Waals surface area contributed by atoms with Gasteiger partial charge < -0.3 is 19.9 Å². The van der Waals surface area contributed by atoms with Crippen molar-refractivity contribution in [2.75, 3.05) is 5.32 Å². The van der Waals surface area contributed by atoms with Gasteiger partial charge in [0, 0.05) is 16.6 Å². The molecule has 0 aliphatic rings. The minimum Gasteiger partial charge on any atom is -0.507 e. The summed E-state index contributed by atoms with van der Waals surface area (Å²) >= 11 is 0. The number of fused-ring (bicyclic) bond motifs is 1. The molecule has 1 amide bonds. The van der Waals surface area contributed by atoms with Gasteiger partial charge in [-0.15, -0.1) is 0 Å². The van der Waals surface area contributed by atoms with Crippen molar-refractivity contribution in [3.05, 3.63) is 93.8 Å². The number of phenols is 1. The number of carboxylic acids is 1. The quantitative estimate of drug-likeness (QED) is 0.335. The van der Waals surface area contributed by atoms with Crippen LogP contribution in [0.25, 0.3) is 22.1 Å². The Balaban J connectivity index is 1.68. The molecular weight excluding hydrogens is 398 g/mol. The molecule has 0 bridgehead atoms. The number of hydrogen-bond donors (Lipinski definition) is 3. The van der Waals surface area contributed by atoms with Crippen LogP contribution >= 0.6 is 0 Å². The van der Waals surface area contributed by atoms with Gasteiger partial charge in [-0.2, -0.15) is 0 Å². The molecule has 3 N–H and O–H groups in total. The highest BCUT2D eigenvalue weighted by Gasteiger charge is 2.16. The van der Waals surface area contributed by atoms with E-state index in [4.69, 9.17) is 4.42 Å². The third-order valence-electron chi connectivity index (χ3n) is 4.87. The van der Waals surface area contributed by atoms with E-state index in [0.717, 1.165) is 5.39 Å². The van der Waals surface area contributed by atoms with Gasteiger partial charge in [-0.1, -0.05) is 30.3 Å². The molecule has 0 aliphatic heterocycles. The van der Waals surface area contributed by atoms with Crippen LogP contribution in [0, 0.1) is 6.92 Å². The molecule has 1 heterocycles. The topological polar surface area (TPSA) is 117 Å². The number of benzene rings is 3. The molecule has 31 heavy (non-hydrogen) atoms. The molecule has 7 heteroatoms. The van der Waals surface area contributed by atoms with Crippen molar-refractivity contribution >= 4 is 28.5 Å². The molecule has 0 saturated heterocycles. The summed E-state index contributed by atoms with van der Waals surface area (Å²) in [5.74, 6) is -2.15. The second-order valence-corrected chi connectivity index (χ2v) is 7.01. The van der Waals surface area contributed by atoms with Crippen molar-refractivity contribution in [1.82, 2.24) is 0 Å². The fraction of sp³-hybridized carbons (Fsp3) is 0.0417. The number of carbonyl (C=O) groups is 2. The number of aromatic carboxylic acids is 1. The van der Waals surface area contributed by atoms with E-state index in [1.54, 1.807) is 42.5 Å².